The van der Waals surface area contributed by atoms with E-state index in [1.165, 1.54) is 16.7 Å². The molecule has 1 heterocycles. The average Bonchev–Trinajstić information content (AvgIpc) is 3.02. The summed E-state index contributed by atoms with van der Waals surface area (Å²) in [6.07, 6.45) is 2.18. The van der Waals surface area contributed by atoms with E-state index in [4.69, 9.17) is 0 Å². The van der Waals surface area contributed by atoms with Gasteiger partial charge in [-0.1, -0.05) is 42.5 Å². The molecular formula is C20H25N2O3S+. The molecule has 0 aromatic heterocycles. The highest BCUT2D eigenvalue weighted by atomic mass is 32.2. The van der Waals surface area contributed by atoms with Crippen molar-refractivity contribution >= 4 is 15.7 Å². The molecule has 1 fully saturated rings. The number of hydrogen-bond acceptors (Lipinski definition) is 3. The Kier molecular flexibility index (Phi) is 5.74. The summed E-state index contributed by atoms with van der Waals surface area (Å²) in [6, 6.07) is 17.4. The summed E-state index contributed by atoms with van der Waals surface area (Å²) in [5, 5.41) is 3.10. The second kappa shape index (κ2) is 8.01. The van der Waals surface area contributed by atoms with Gasteiger partial charge in [0.15, 0.2) is 9.84 Å². The van der Waals surface area contributed by atoms with Gasteiger partial charge in [-0.05, 0) is 17.7 Å². The van der Waals surface area contributed by atoms with Crippen molar-refractivity contribution in [1.29, 1.82) is 0 Å². The van der Waals surface area contributed by atoms with Crippen LogP contribution in [0.5, 0.6) is 0 Å². The average molecular weight is 373 g/mol. The molecule has 2 atom stereocenters. The summed E-state index contributed by atoms with van der Waals surface area (Å²) in [6.45, 7) is 2.95. The molecule has 2 aromatic rings. The van der Waals surface area contributed by atoms with Crippen molar-refractivity contribution in [3.05, 3.63) is 71.3 Å². The molecule has 1 amide bonds. The SMILES string of the molecule is CS(=O)(=O)Cc1ccc(C(=O)N[C@H]2CC[NH+](Cc3ccccc3)C2)cc1. The number of hydrogen-bond donors (Lipinski definition) is 2. The fourth-order valence-corrected chi connectivity index (χ4v) is 4.22. The third-order valence-corrected chi connectivity index (χ3v) is 5.52. The predicted octanol–water partition coefficient (Wildman–Crippen LogP) is 0.818. The van der Waals surface area contributed by atoms with E-state index >= 15 is 0 Å². The van der Waals surface area contributed by atoms with Crippen LogP contribution in [0, 0.1) is 0 Å². The Morgan fingerprint density at radius 3 is 2.42 bits per heavy atom. The van der Waals surface area contributed by atoms with Gasteiger partial charge in [-0.3, -0.25) is 4.79 Å². The van der Waals surface area contributed by atoms with Crippen molar-refractivity contribution in [3.63, 3.8) is 0 Å². The molecule has 0 aliphatic carbocycles. The molecule has 1 aliphatic heterocycles. The third kappa shape index (κ3) is 5.41. The summed E-state index contributed by atoms with van der Waals surface area (Å²) in [5.41, 5.74) is 2.58. The fraction of sp³-hybridized carbons (Fsp3) is 0.350. The molecule has 1 unspecified atom stereocenters. The van der Waals surface area contributed by atoms with Gasteiger partial charge in [0.25, 0.3) is 5.91 Å². The van der Waals surface area contributed by atoms with Gasteiger partial charge < -0.3 is 10.2 Å². The van der Waals surface area contributed by atoms with Gasteiger partial charge in [0, 0.05) is 23.8 Å². The maximum Gasteiger partial charge on any atom is 0.251 e. The molecule has 26 heavy (non-hydrogen) atoms. The Balaban J connectivity index is 1.52. The third-order valence-electron chi connectivity index (χ3n) is 4.66. The molecule has 0 radical (unpaired) electrons. The molecule has 0 spiro atoms. The molecule has 6 heteroatoms. The lowest BCUT2D eigenvalue weighted by atomic mass is 10.1. The lowest BCUT2D eigenvalue weighted by molar-refractivity contribution is -0.901. The topological polar surface area (TPSA) is 67.7 Å². The van der Waals surface area contributed by atoms with Crippen LogP contribution in [0.1, 0.15) is 27.9 Å². The fourth-order valence-electron chi connectivity index (χ4n) is 3.42. The first kappa shape index (κ1) is 18.6. The van der Waals surface area contributed by atoms with Crippen molar-refractivity contribution in [1.82, 2.24) is 5.32 Å². The maximum absolute atomic E-state index is 12.4. The first-order chi connectivity index (χ1) is 12.4. The molecule has 5 nitrogen and oxygen atoms in total. The quantitative estimate of drug-likeness (QED) is 0.788. The smallest absolute Gasteiger partial charge is 0.251 e. The van der Waals surface area contributed by atoms with Crippen molar-refractivity contribution in [3.8, 4) is 0 Å². The van der Waals surface area contributed by atoms with Crippen LogP contribution < -0.4 is 10.2 Å². The van der Waals surface area contributed by atoms with Crippen molar-refractivity contribution in [2.45, 2.75) is 24.8 Å². The van der Waals surface area contributed by atoms with E-state index in [1.54, 1.807) is 24.3 Å². The van der Waals surface area contributed by atoms with E-state index in [9.17, 15) is 13.2 Å². The summed E-state index contributed by atoms with van der Waals surface area (Å²) >= 11 is 0. The van der Waals surface area contributed by atoms with Gasteiger partial charge in [0.1, 0.15) is 6.54 Å². The summed E-state index contributed by atoms with van der Waals surface area (Å²) in [4.78, 5) is 13.9. The zero-order valence-electron chi connectivity index (χ0n) is 14.9. The van der Waals surface area contributed by atoms with E-state index in [2.05, 4.69) is 29.6 Å². The number of likely N-dealkylation sites (tertiary alicyclic amines) is 1. The Morgan fingerprint density at radius 1 is 1.08 bits per heavy atom. The van der Waals surface area contributed by atoms with Crippen LogP contribution in [0.3, 0.4) is 0 Å². The van der Waals surface area contributed by atoms with Crippen LogP contribution in [-0.2, 0) is 22.1 Å². The molecule has 1 aliphatic rings. The van der Waals surface area contributed by atoms with Crippen LogP contribution >= 0.6 is 0 Å². The molecule has 0 saturated carbocycles. The summed E-state index contributed by atoms with van der Waals surface area (Å²) in [5.74, 6) is -0.100. The molecular weight excluding hydrogens is 348 g/mol. The zero-order chi connectivity index (χ0) is 18.6. The number of rotatable bonds is 6. The standard InChI is InChI=1S/C20H24N2O3S/c1-26(24,25)15-17-7-9-18(10-8-17)20(23)21-19-11-12-22(14-19)13-16-5-3-2-4-6-16/h2-10,19H,11-15H2,1H3,(H,21,23)/p+1/t19-/m0/s1. The molecule has 0 bridgehead atoms. The highest BCUT2D eigenvalue weighted by molar-refractivity contribution is 7.89. The number of sulfone groups is 1. The Labute approximate surface area is 154 Å². The number of quaternary nitrogens is 1. The second-order valence-corrected chi connectivity index (χ2v) is 9.23. The molecule has 2 aromatic carbocycles. The van der Waals surface area contributed by atoms with Gasteiger partial charge in [0.05, 0.1) is 24.9 Å². The highest BCUT2D eigenvalue weighted by Crippen LogP contribution is 2.09. The maximum atomic E-state index is 12.4. The van der Waals surface area contributed by atoms with E-state index in [-0.39, 0.29) is 17.7 Å². The normalized spacial score (nSPS) is 20.0. The van der Waals surface area contributed by atoms with Crippen molar-refractivity contribution in [2.24, 2.45) is 0 Å². The van der Waals surface area contributed by atoms with Gasteiger partial charge in [-0.25, -0.2) is 8.42 Å². The van der Waals surface area contributed by atoms with Crippen molar-refractivity contribution < 1.29 is 18.1 Å². The summed E-state index contributed by atoms with van der Waals surface area (Å²) in [7, 11) is -3.06. The van der Waals surface area contributed by atoms with Crippen LogP contribution in [0.2, 0.25) is 0 Å². The van der Waals surface area contributed by atoms with Gasteiger partial charge in [-0.2, -0.15) is 0 Å². The van der Waals surface area contributed by atoms with Gasteiger partial charge in [-0.15, -0.1) is 0 Å². The molecule has 3 rings (SSSR count). The Morgan fingerprint density at radius 2 is 1.77 bits per heavy atom. The highest BCUT2D eigenvalue weighted by Gasteiger charge is 2.27. The predicted molar refractivity (Wildman–Crippen MR) is 102 cm³/mol. The number of amides is 1. The summed E-state index contributed by atoms with van der Waals surface area (Å²) < 4.78 is 22.7. The minimum atomic E-state index is -3.06. The van der Waals surface area contributed by atoms with Crippen LogP contribution in [-0.4, -0.2) is 39.7 Å². The van der Waals surface area contributed by atoms with Crippen LogP contribution in [0.25, 0.3) is 0 Å². The molecule has 1 saturated heterocycles. The minimum Gasteiger partial charge on any atom is -0.343 e. The first-order valence-electron chi connectivity index (χ1n) is 8.84. The van der Waals surface area contributed by atoms with E-state index in [0.717, 1.165) is 26.1 Å². The number of benzene rings is 2. The lowest BCUT2D eigenvalue weighted by Crippen LogP contribution is -3.09. The van der Waals surface area contributed by atoms with Gasteiger partial charge >= 0.3 is 0 Å². The zero-order valence-corrected chi connectivity index (χ0v) is 15.8. The second-order valence-electron chi connectivity index (χ2n) is 7.09. The molecule has 138 valence electrons. The Bertz CT molecular complexity index is 848. The molecule has 2 N–H and O–H groups in total. The van der Waals surface area contributed by atoms with Crippen LogP contribution in [0.15, 0.2) is 54.6 Å². The van der Waals surface area contributed by atoms with Gasteiger partial charge in [0.2, 0.25) is 0 Å². The number of carbonyl (C=O) groups is 1. The lowest BCUT2D eigenvalue weighted by Gasteiger charge is -2.14. The van der Waals surface area contributed by atoms with Crippen LogP contribution in [0.4, 0.5) is 0 Å². The van der Waals surface area contributed by atoms with E-state index in [1.807, 2.05) is 6.07 Å². The number of nitrogens with one attached hydrogen (secondary N) is 2. The van der Waals surface area contributed by atoms with Crippen molar-refractivity contribution in [2.75, 3.05) is 19.3 Å². The van der Waals surface area contributed by atoms with E-state index in [0.29, 0.717) is 11.1 Å². The first-order valence-corrected chi connectivity index (χ1v) is 10.9. The Hall–Kier alpha value is -2.18. The monoisotopic (exact) mass is 373 g/mol. The minimum absolute atomic E-state index is 0.00463. The number of carbonyl (C=O) groups excluding carboxylic acids is 1. The van der Waals surface area contributed by atoms with E-state index < -0.39 is 9.84 Å². The largest absolute Gasteiger partial charge is 0.343 e.